The third kappa shape index (κ3) is 2.58. The Balaban J connectivity index is 1.53. The van der Waals surface area contributed by atoms with E-state index < -0.39 is 0 Å². The summed E-state index contributed by atoms with van der Waals surface area (Å²) in [4.78, 5) is 22.1. The zero-order chi connectivity index (χ0) is 16.2. The van der Waals surface area contributed by atoms with Gasteiger partial charge < -0.3 is 15.2 Å². The molecular formula is C18H24N4O. The summed E-state index contributed by atoms with van der Waals surface area (Å²) in [5.41, 5.74) is 3.25. The number of fused-ring (bicyclic) bond motifs is 3. The zero-order valence-corrected chi connectivity index (χ0v) is 14.0. The summed E-state index contributed by atoms with van der Waals surface area (Å²) in [6.45, 7) is 7.83. The van der Waals surface area contributed by atoms with Gasteiger partial charge in [0.05, 0.1) is 17.4 Å². The van der Waals surface area contributed by atoms with Gasteiger partial charge in [0.1, 0.15) is 0 Å². The Morgan fingerprint density at radius 1 is 1.35 bits per heavy atom. The Hall–Kier alpha value is -2.04. The van der Waals surface area contributed by atoms with E-state index in [0.29, 0.717) is 11.5 Å². The number of urea groups is 1. The van der Waals surface area contributed by atoms with Crippen LogP contribution in [0.4, 0.5) is 10.5 Å². The molecule has 4 rings (SSSR count). The Morgan fingerprint density at radius 2 is 2.17 bits per heavy atom. The first kappa shape index (κ1) is 14.5. The second kappa shape index (κ2) is 4.73. The molecule has 2 aromatic rings. The first-order valence-electron chi connectivity index (χ1n) is 8.34. The van der Waals surface area contributed by atoms with Crippen LogP contribution in [0.25, 0.3) is 11.0 Å². The molecule has 2 unspecified atom stereocenters. The van der Waals surface area contributed by atoms with Crippen LogP contribution in [-0.4, -0.2) is 33.5 Å². The third-order valence-corrected chi connectivity index (χ3v) is 5.35. The molecule has 5 nitrogen and oxygen atoms in total. The predicted octanol–water partition coefficient (Wildman–Crippen LogP) is 4.00. The highest BCUT2D eigenvalue weighted by atomic mass is 16.2. The Kier molecular flexibility index (Phi) is 2.99. The highest BCUT2D eigenvalue weighted by Gasteiger charge is 2.50. The Bertz CT molecular complexity index is 765. The molecule has 2 heterocycles. The molecule has 2 N–H and O–H groups in total. The van der Waals surface area contributed by atoms with Gasteiger partial charge in [-0.1, -0.05) is 20.8 Å². The molecule has 1 aromatic heterocycles. The lowest BCUT2D eigenvalue weighted by Gasteiger charge is -2.39. The van der Waals surface area contributed by atoms with Gasteiger partial charge in [-0.3, -0.25) is 0 Å². The summed E-state index contributed by atoms with van der Waals surface area (Å²) in [7, 11) is 0. The molecule has 23 heavy (non-hydrogen) atoms. The van der Waals surface area contributed by atoms with E-state index in [1.54, 1.807) is 6.33 Å². The molecule has 0 spiro atoms. The molecule has 1 aliphatic heterocycles. The fourth-order valence-corrected chi connectivity index (χ4v) is 4.91. The molecule has 1 saturated heterocycles. The smallest absolute Gasteiger partial charge is 0.322 e. The van der Waals surface area contributed by atoms with E-state index >= 15 is 0 Å². The summed E-state index contributed by atoms with van der Waals surface area (Å²) in [5.74, 6) is 0. The van der Waals surface area contributed by atoms with E-state index in [1.807, 2.05) is 23.1 Å². The van der Waals surface area contributed by atoms with Crippen molar-refractivity contribution in [2.45, 2.75) is 46.1 Å². The van der Waals surface area contributed by atoms with Crippen molar-refractivity contribution in [1.29, 1.82) is 0 Å². The maximum atomic E-state index is 12.8. The van der Waals surface area contributed by atoms with Crippen molar-refractivity contribution >= 4 is 22.8 Å². The summed E-state index contributed by atoms with van der Waals surface area (Å²) in [6.07, 6.45) is 5.09. The highest BCUT2D eigenvalue weighted by Crippen LogP contribution is 2.52. The lowest BCUT2D eigenvalue weighted by atomic mass is 9.65. The number of carbonyl (C=O) groups is 1. The minimum Gasteiger partial charge on any atom is -0.345 e. The van der Waals surface area contributed by atoms with Crippen LogP contribution < -0.4 is 5.32 Å². The first-order valence-corrected chi connectivity index (χ1v) is 8.34. The maximum Gasteiger partial charge on any atom is 0.322 e. The van der Waals surface area contributed by atoms with Crippen molar-refractivity contribution in [3.05, 3.63) is 24.5 Å². The van der Waals surface area contributed by atoms with Crippen molar-refractivity contribution in [3.63, 3.8) is 0 Å². The summed E-state index contributed by atoms with van der Waals surface area (Å²) in [5, 5.41) is 3.06. The number of aromatic amines is 1. The number of aromatic nitrogens is 2. The number of nitrogens with zero attached hydrogens (tertiary/aromatic N) is 2. The minimum atomic E-state index is 0.0234. The highest BCUT2D eigenvalue weighted by molar-refractivity contribution is 5.92. The second-order valence-electron chi connectivity index (χ2n) is 8.41. The Morgan fingerprint density at radius 3 is 3.00 bits per heavy atom. The number of likely N-dealkylation sites (tertiary alicyclic amines) is 1. The SMILES string of the molecule is CC1(C)CC2CC(C)(CN2C(=O)Nc2ccc3nc[nH]c3c2)C1. The fraction of sp³-hybridized carbons (Fsp3) is 0.556. The molecule has 2 aliphatic rings. The van der Waals surface area contributed by atoms with E-state index in [-0.39, 0.29) is 11.4 Å². The Labute approximate surface area is 136 Å². The lowest BCUT2D eigenvalue weighted by molar-refractivity contribution is 0.130. The zero-order valence-electron chi connectivity index (χ0n) is 14.0. The monoisotopic (exact) mass is 312 g/mol. The van der Waals surface area contributed by atoms with E-state index in [4.69, 9.17) is 0 Å². The quantitative estimate of drug-likeness (QED) is 0.836. The fourth-order valence-electron chi connectivity index (χ4n) is 4.91. The number of amides is 2. The van der Waals surface area contributed by atoms with Crippen molar-refractivity contribution < 1.29 is 4.79 Å². The molecule has 2 bridgehead atoms. The third-order valence-electron chi connectivity index (χ3n) is 5.35. The molecule has 1 aromatic carbocycles. The molecule has 122 valence electrons. The van der Waals surface area contributed by atoms with Crippen LogP contribution in [0.15, 0.2) is 24.5 Å². The molecule has 2 amide bonds. The lowest BCUT2D eigenvalue weighted by Crippen LogP contribution is -2.40. The summed E-state index contributed by atoms with van der Waals surface area (Å²) < 4.78 is 0. The normalized spacial score (nSPS) is 29.0. The summed E-state index contributed by atoms with van der Waals surface area (Å²) >= 11 is 0. The average molecular weight is 312 g/mol. The number of anilines is 1. The van der Waals surface area contributed by atoms with E-state index in [2.05, 4.69) is 36.1 Å². The molecule has 0 radical (unpaired) electrons. The number of benzene rings is 1. The van der Waals surface area contributed by atoms with Gasteiger partial charge in [0, 0.05) is 18.3 Å². The van der Waals surface area contributed by atoms with Gasteiger partial charge in [0.25, 0.3) is 0 Å². The standard InChI is InChI=1S/C18H24N4O/c1-17(2)7-13-8-18(3,9-17)10-22(13)16(23)21-12-4-5-14-15(6-12)20-11-19-14/h4-6,11,13H,7-10H2,1-3H3,(H,19,20)(H,21,23). The van der Waals surface area contributed by atoms with Crippen LogP contribution in [0, 0.1) is 10.8 Å². The summed E-state index contributed by atoms with van der Waals surface area (Å²) in [6, 6.07) is 6.16. The predicted molar refractivity (Wildman–Crippen MR) is 91.3 cm³/mol. The number of rotatable bonds is 1. The molecule has 1 aliphatic carbocycles. The van der Waals surface area contributed by atoms with Crippen LogP contribution in [0.5, 0.6) is 0 Å². The van der Waals surface area contributed by atoms with Crippen LogP contribution in [-0.2, 0) is 0 Å². The first-order chi connectivity index (χ1) is 10.8. The molecule has 2 atom stereocenters. The maximum absolute atomic E-state index is 12.8. The van der Waals surface area contributed by atoms with Gasteiger partial charge in [-0.15, -0.1) is 0 Å². The van der Waals surface area contributed by atoms with Gasteiger partial charge in [0.15, 0.2) is 0 Å². The molecule has 2 fully saturated rings. The van der Waals surface area contributed by atoms with Crippen molar-refractivity contribution in [3.8, 4) is 0 Å². The number of hydrogen-bond acceptors (Lipinski definition) is 2. The van der Waals surface area contributed by atoms with Crippen LogP contribution >= 0.6 is 0 Å². The number of H-pyrrole nitrogens is 1. The van der Waals surface area contributed by atoms with E-state index in [0.717, 1.165) is 36.1 Å². The second-order valence-corrected chi connectivity index (χ2v) is 8.41. The molecule has 5 heteroatoms. The van der Waals surface area contributed by atoms with Crippen LogP contribution in [0.2, 0.25) is 0 Å². The number of hydrogen-bond donors (Lipinski definition) is 2. The van der Waals surface area contributed by atoms with E-state index in [1.165, 1.54) is 6.42 Å². The largest absolute Gasteiger partial charge is 0.345 e. The minimum absolute atomic E-state index is 0.0234. The molecule has 1 saturated carbocycles. The van der Waals surface area contributed by atoms with E-state index in [9.17, 15) is 4.79 Å². The number of nitrogens with one attached hydrogen (secondary N) is 2. The van der Waals surface area contributed by atoms with Gasteiger partial charge in [-0.05, 0) is 48.3 Å². The van der Waals surface area contributed by atoms with Crippen LogP contribution in [0.3, 0.4) is 0 Å². The molecular weight excluding hydrogens is 288 g/mol. The average Bonchev–Trinajstić information content (AvgIpc) is 2.99. The number of carbonyl (C=O) groups excluding carboxylic acids is 1. The van der Waals surface area contributed by atoms with Gasteiger partial charge in [0.2, 0.25) is 0 Å². The van der Waals surface area contributed by atoms with Crippen LogP contribution in [0.1, 0.15) is 40.0 Å². The van der Waals surface area contributed by atoms with Gasteiger partial charge in [-0.25, -0.2) is 9.78 Å². The van der Waals surface area contributed by atoms with Gasteiger partial charge in [-0.2, -0.15) is 0 Å². The van der Waals surface area contributed by atoms with Crippen molar-refractivity contribution in [2.24, 2.45) is 10.8 Å². The van der Waals surface area contributed by atoms with Crippen molar-refractivity contribution in [1.82, 2.24) is 14.9 Å². The van der Waals surface area contributed by atoms with Gasteiger partial charge >= 0.3 is 6.03 Å². The van der Waals surface area contributed by atoms with Crippen molar-refractivity contribution in [2.75, 3.05) is 11.9 Å². The topological polar surface area (TPSA) is 61.0 Å². The number of imidazole rings is 1.